The Morgan fingerprint density at radius 1 is 1.11 bits per heavy atom. The summed E-state index contributed by atoms with van der Waals surface area (Å²) in [6.07, 6.45) is 3.79. The first-order valence-corrected chi connectivity index (χ1v) is 11.6. The molecule has 11 heteroatoms. The Hall–Kier alpha value is -4.08. The number of rotatable bonds is 9. The van der Waals surface area contributed by atoms with E-state index in [1.54, 1.807) is 36.5 Å². The van der Waals surface area contributed by atoms with Gasteiger partial charge in [-0.15, -0.1) is 0 Å². The Bertz CT molecular complexity index is 1340. The van der Waals surface area contributed by atoms with Crippen LogP contribution >= 0.6 is 23.2 Å². The maximum atomic E-state index is 12.8. The molecule has 0 saturated carbocycles. The van der Waals surface area contributed by atoms with E-state index < -0.39 is 18.0 Å². The highest BCUT2D eigenvalue weighted by molar-refractivity contribution is 6.43. The van der Waals surface area contributed by atoms with Crippen LogP contribution in [0.1, 0.15) is 17.0 Å². The van der Waals surface area contributed by atoms with Crippen molar-refractivity contribution in [2.24, 2.45) is 5.10 Å². The van der Waals surface area contributed by atoms with Crippen LogP contribution in [-0.4, -0.2) is 34.2 Å². The minimum absolute atomic E-state index is 0.0701. The number of ether oxygens (including phenoxy) is 1. The van der Waals surface area contributed by atoms with Gasteiger partial charge in [-0.1, -0.05) is 59.6 Å². The van der Waals surface area contributed by atoms with Gasteiger partial charge in [-0.3, -0.25) is 4.79 Å². The first kappa shape index (κ1) is 25.0. The Kier molecular flexibility index (Phi) is 8.38. The molecule has 0 bridgehead atoms. The molecule has 0 spiro atoms. The average molecular weight is 526 g/mol. The minimum Gasteiger partial charge on any atom is -0.455 e. The van der Waals surface area contributed by atoms with E-state index in [9.17, 15) is 9.59 Å². The third kappa shape index (κ3) is 6.74. The van der Waals surface area contributed by atoms with Gasteiger partial charge < -0.3 is 19.5 Å². The van der Waals surface area contributed by atoms with Crippen molar-refractivity contribution < 1.29 is 18.7 Å². The largest absolute Gasteiger partial charge is 0.455 e. The number of hydrazone groups is 1. The van der Waals surface area contributed by atoms with Crippen molar-refractivity contribution in [1.82, 2.24) is 20.7 Å². The molecule has 0 radical (unpaired) electrons. The van der Waals surface area contributed by atoms with Crippen LogP contribution < -0.4 is 10.7 Å². The number of nitrogens with one attached hydrogen (secondary N) is 3. The third-order valence-corrected chi connectivity index (χ3v) is 5.83. The fraction of sp³-hybridized carbons (Fsp3) is 0.120. The van der Waals surface area contributed by atoms with Gasteiger partial charge in [-0.25, -0.2) is 15.2 Å². The maximum absolute atomic E-state index is 12.8. The molecule has 9 nitrogen and oxygen atoms in total. The molecule has 3 N–H and O–H groups in total. The van der Waals surface area contributed by atoms with Crippen LogP contribution in [-0.2, 0) is 22.6 Å². The van der Waals surface area contributed by atoms with Crippen molar-refractivity contribution in [2.75, 3.05) is 0 Å². The number of benzene rings is 2. The number of amides is 2. The number of hydrogen-bond acceptors (Lipinski definition) is 6. The molecule has 0 aliphatic rings. The van der Waals surface area contributed by atoms with Crippen LogP contribution in [0.4, 0.5) is 4.79 Å². The van der Waals surface area contributed by atoms with Crippen LogP contribution in [0.15, 0.2) is 82.7 Å². The zero-order valence-corrected chi connectivity index (χ0v) is 20.3. The monoisotopic (exact) mass is 525 g/mol. The van der Waals surface area contributed by atoms with E-state index in [1.807, 2.05) is 30.3 Å². The third-order valence-electron chi connectivity index (χ3n) is 5.01. The lowest BCUT2D eigenvalue weighted by molar-refractivity contribution is -0.123. The molecule has 4 aromatic rings. The van der Waals surface area contributed by atoms with Gasteiger partial charge >= 0.3 is 6.09 Å². The summed E-state index contributed by atoms with van der Waals surface area (Å²) in [6.45, 7) is 0.0701. The highest BCUT2D eigenvalue weighted by atomic mass is 35.5. The summed E-state index contributed by atoms with van der Waals surface area (Å²) in [4.78, 5) is 32.0. The number of alkyl carbamates (subject to hydrolysis) is 1. The normalized spacial score (nSPS) is 11.8. The number of aromatic amines is 1. The molecule has 4 rings (SSSR count). The van der Waals surface area contributed by atoms with Crippen LogP contribution in [0.5, 0.6) is 0 Å². The van der Waals surface area contributed by atoms with E-state index in [0.717, 1.165) is 5.56 Å². The smallest absolute Gasteiger partial charge is 0.408 e. The topological polar surface area (TPSA) is 122 Å². The molecule has 2 aromatic carbocycles. The highest BCUT2D eigenvalue weighted by Crippen LogP contribution is 2.34. The van der Waals surface area contributed by atoms with E-state index in [0.29, 0.717) is 32.8 Å². The van der Waals surface area contributed by atoms with Crippen molar-refractivity contribution in [2.45, 2.75) is 19.1 Å². The summed E-state index contributed by atoms with van der Waals surface area (Å²) >= 11 is 12.3. The number of halogens is 2. The Morgan fingerprint density at radius 3 is 2.72 bits per heavy atom. The van der Waals surface area contributed by atoms with Crippen molar-refractivity contribution >= 4 is 41.4 Å². The standard InChI is InChI=1S/C25H21Cl2N5O4/c26-20-8-4-7-19(23(20)27)22-10-9-18(36-22)13-30-32-24(33)21(11-17-12-28-15-29-17)31-25(34)35-14-16-5-2-1-3-6-16/h1-10,12-13,15,21H,11,14H2,(H,28,29)(H,31,34)(H,32,33)/b30-13-/t21-/m1/s1. The molecule has 0 unspecified atom stereocenters. The van der Waals surface area contributed by atoms with Crippen LogP contribution in [0.2, 0.25) is 10.0 Å². The fourth-order valence-corrected chi connectivity index (χ4v) is 3.62. The first-order valence-electron chi connectivity index (χ1n) is 10.8. The van der Waals surface area contributed by atoms with E-state index in [1.165, 1.54) is 12.5 Å². The second-order valence-corrected chi connectivity index (χ2v) is 8.36. The Labute approximate surface area is 216 Å². The molecular weight excluding hydrogens is 505 g/mol. The zero-order valence-electron chi connectivity index (χ0n) is 18.8. The van der Waals surface area contributed by atoms with Gasteiger partial charge in [0, 0.05) is 23.9 Å². The Balaban J connectivity index is 1.37. The number of hydrogen-bond donors (Lipinski definition) is 3. The second-order valence-electron chi connectivity index (χ2n) is 7.58. The van der Waals surface area contributed by atoms with Gasteiger partial charge in [0.1, 0.15) is 24.2 Å². The lowest BCUT2D eigenvalue weighted by Crippen LogP contribution is -2.47. The molecular formula is C25H21Cl2N5O4. The predicted octanol–water partition coefficient (Wildman–Crippen LogP) is 4.96. The number of carbonyl (C=O) groups is 2. The van der Waals surface area contributed by atoms with E-state index in [-0.39, 0.29) is 13.0 Å². The number of H-pyrrole nitrogens is 1. The highest BCUT2D eigenvalue weighted by Gasteiger charge is 2.22. The molecule has 36 heavy (non-hydrogen) atoms. The van der Waals surface area contributed by atoms with Crippen LogP contribution in [0.25, 0.3) is 11.3 Å². The van der Waals surface area contributed by atoms with Gasteiger partial charge in [0.2, 0.25) is 0 Å². The van der Waals surface area contributed by atoms with Gasteiger partial charge in [0.15, 0.2) is 0 Å². The van der Waals surface area contributed by atoms with Gasteiger partial charge in [0.25, 0.3) is 5.91 Å². The molecule has 2 aromatic heterocycles. The lowest BCUT2D eigenvalue weighted by Gasteiger charge is -2.16. The van der Waals surface area contributed by atoms with Crippen molar-refractivity contribution in [3.8, 4) is 11.3 Å². The first-order chi connectivity index (χ1) is 17.5. The number of carbonyl (C=O) groups excluding carboxylic acids is 2. The van der Waals surface area contributed by atoms with E-state index in [2.05, 4.69) is 25.8 Å². The molecule has 2 heterocycles. The van der Waals surface area contributed by atoms with Crippen LogP contribution in [0.3, 0.4) is 0 Å². The number of nitrogens with zero attached hydrogens (tertiary/aromatic N) is 2. The van der Waals surface area contributed by atoms with Crippen molar-refractivity contribution in [1.29, 1.82) is 0 Å². The molecule has 0 aliphatic heterocycles. The van der Waals surface area contributed by atoms with Crippen molar-refractivity contribution in [3.63, 3.8) is 0 Å². The van der Waals surface area contributed by atoms with E-state index >= 15 is 0 Å². The predicted molar refractivity (Wildman–Crippen MR) is 136 cm³/mol. The summed E-state index contributed by atoms with van der Waals surface area (Å²) in [5.74, 6) is 0.319. The number of aromatic nitrogens is 2. The number of imidazole rings is 1. The molecule has 0 saturated heterocycles. The average Bonchev–Trinajstić information content (AvgIpc) is 3.57. The summed E-state index contributed by atoms with van der Waals surface area (Å²) in [5.41, 5.74) is 4.51. The second kappa shape index (κ2) is 12.1. The molecule has 0 aliphatic carbocycles. The molecule has 2 amide bonds. The molecule has 1 atom stereocenters. The fourth-order valence-electron chi connectivity index (χ4n) is 3.23. The quantitative estimate of drug-likeness (QED) is 0.210. The summed E-state index contributed by atoms with van der Waals surface area (Å²) in [6, 6.07) is 16.8. The maximum Gasteiger partial charge on any atom is 0.408 e. The SMILES string of the molecule is O=C(N[C@H](Cc1cnc[nH]1)C(=O)N/N=C\c1ccc(-c2cccc(Cl)c2Cl)o1)OCc1ccccc1. The van der Waals surface area contributed by atoms with Crippen LogP contribution in [0, 0.1) is 0 Å². The Morgan fingerprint density at radius 2 is 1.94 bits per heavy atom. The number of furan rings is 1. The van der Waals surface area contributed by atoms with Crippen molar-refractivity contribution in [3.05, 3.63) is 100 Å². The summed E-state index contributed by atoms with van der Waals surface area (Å²) in [5, 5.41) is 7.29. The summed E-state index contributed by atoms with van der Waals surface area (Å²) in [7, 11) is 0. The molecule has 0 fully saturated rings. The lowest BCUT2D eigenvalue weighted by atomic mass is 10.1. The molecule has 184 valence electrons. The van der Waals surface area contributed by atoms with Gasteiger partial charge in [0.05, 0.1) is 22.6 Å². The van der Waals surface area contributed by atoms with E-state index in [4.69, 9.17) is 32.4 Å². The van der Waals surface area contributed by atoms with Gasteiger partial charge in [-0.05, 0) is 29.8 Å². The van der Waals surface area contributed by atoms with Gasteiger partial charge in [-0.2, -0.15) is 5.10 Å². The minimum atomic E-state index is -0.969. The zero-order chi connectivity index (χ0) is 25.3. The summed E-state index contributed by atoms with van der Waals surface area (Å²) < 4.78 is 11.0.